The van der Waals surface area contributed by atoms with Crippen molar-refractivity contribution in [1.29, 1.82) is 0 Å². The normalized spacial score (nSPS) is 10.9. The molecule has 0 radical (unpaired) electrons. The number of hydrogen-bond donors (Lipinski definition) is 0. The van der Waals surface area contributed by atoms with E-state index in [4.69, 9.17) is 16.3 Å². The average Bonchev–Trinajstić information content (AvgIpc) is 3.22. The van der Waals surface area contributed by atoms with Gasteiger partial charge in [0.1, 0.15) is 5.75 Å². The molecule has 0 fully saturated rings. The summed E-state index contributed by atoms with van der Waals surface area (Å²) in [6.45, 7) is 0. The summed E-state index contributed by atoms with van der Waals surface area (Å²) in [5.74, 6) is 2.57. The van der Waals surface area contributed by atoms with Crippen LogP contribution in [-0.2, 0) is 6.42 Å². The zero-order chi connectivity index (χ0) is 20.8. The van der Waals surface area contributed by atoms with Gasteiger partial charge in [0.05, 0.1) is 7.11 Å². The second-order valence-electron chi connectivity index (χ2n) is 6.78. The third-order valence-electron chi connectivity index (χ3n) is 4.75. The van der Waals surface area contributed by atoms with Crippen molar-refractivity contribution in [2.75, 3.05) is 12.9 Å². The van der Waals surface area contributed by atoms with Crippen LogP contribution in [0.25, 0.3) is 17.1 Å². The van der Waals surface area contributed by atoms with Gasteiger partial charge in [-0.05, 0) is 66.9 Å². The highest BCUT2D eigenvalue weighted by Gasteiger charge is 2.16. The van der Waals surface area contributed by atoms with Crippen molar-refractivity contribution in [3.8, 4) is 22.8 Å². The number of methoxy groups -OCH3 is 1. The van der Waals surface area contributed by atoms with Crippen molar-refractivity contribution in [1.82, 2.24) is 14.8 Å². The van der Waals surface area contributed by atoms with Gasteiger partial charge >= 0.3 is 0 Å². The van der Waals surface area contributed by atoms with Crippen LogP contribution in [0.2, 0.25) is 5.02 Å². The van der Waals surface area contributed by atoms with E-state index in [9.17, 15) is 0 Å². The van der Waals surface area contributed by atoms with Gasteiger partial charge < -0.3 is 4.74 Å². The first-order chi connectivity index (χ1) is 14.7. The predicted octanol–water partition coefficient (Wildman–Crippen LogP) is 6.32. The Balaban J connectivity index is 1.58. The molecule has 0 aliphatic heterocycles. The second kappa shape index (κ2) is 9.83. The SMILES string of the molecule is COc1ccc(-n2c(SCCCc3ccccc3)nnc2-c2ccc(Cl)cc2)cc1. The number of aromatic nitrogens is 3. The van der Waals surface area contributed by atoms with Gasteiger partial charge in [-0.15, -0.1) is 10.2 Å². The van der Waals surface area contributed by atoms with Crippen molar-refractivity contribution >= 4 is 23.4 Å². The molecule has 0 saturated carbocycles. The molecule has 0 spiro atoms. The number of hydrogen-bond acceptors (Lipinski definition) is 4. The molecule has 3 aromatic carbocycles. The summed E-state index contributed by atoms with van der Waals surface area (Å²) in [6, 6.07) is 26.2. The Morgan fingerprint density at radius 3 is 2.33 bits per heavy atom. The number of halogens is 1. The fraction of sp³-hybridized carbons (Fsp3) is 0.167. The molecule has 4 nitrogen and oxygen atoms in total. The van der Waals surface area contributed by atoms with Gasteiger partial charge in [-0.1, -0.05) is 53.7 Å². The maximum atomic E-state index is 6.07. The van der Waals surface area contributed by atoms with E-state index >= 15 is 0 Å². The lowest BCUT2D eigenvalue weighted by Crippen LogP contribution is -2.00. The van der Waals surface area contributed by atoms with E-state index in [1.807, 2.05) is 54.6 Å². The molecule has 0 saturated heterocycles. The van der Waals surface area contributed by atoms with Gasteiger partial charge in [0.2, 0.25) is 0 Å². The van der Waals surface area contributed by atoms with Gasteiger partial charge in [0, 0.05) is 22.0 Å². The van der Waals surface area contributed by atoms with Crippen molar-refractivity contribution in [2.24, 2.45) is 0 Å². The average molecular weight is 436 g/mol. The Kier molecular flexibility index (Phi) is 6.72. The van der Waals surface area contributed by atoms with Crippen LogP contribution in [0.15, 0.2) is 84.0 Å². The van der Waals surface area contributed by atoms with Crippen LogP contribution in [0.4, 0.5) is 0 Å². The minimum absolute atomic E-state index is 0.699. The van der Waals surface area contributed by atoms with Gasteiger partial charge in [-0.3, -0.25) is 4.57 Å². The van der Waals surface area contributed by atoms with Gasteiger partial charge in [-0.2, -0.15) is 0 Å². The van der Waals surface area contributed by atoms with Crippen LogP contribution >= 0.6 is 23.4 Å². The first-order valence-electron chi connectivity index (χ1n) is 9.77. The summed E-state index contributed by atoms with van der Waals surface area (Å²) in [5, 5.41) is 10.6. The lowest BCUT2D eigenvalue weighted by Gasteiger charge is -2.11. The number of benzene rings is 3. The van der Waals surface area contributed by atoms with E-state index in [2.05, 4.69) is 39.0 Å². The minimum Gasteiger partial charge on any atom is -0.497 e. The number of nitrogens with zero attached hydrogens (tertiary/aromatic N) is 3. The summed E-state index contributed by atoms with van der Waals surface area (Å²) in [4.78, 5) is 0. The van der Waals surface area contributed by atoms with Crippen molar-refractivity contribution < 1.29 is 4.74 Å². The summed E-state index contributed by atoms with van der Waals surface area (Å²) in [6.07, 6.45) is 2.12. The summed E-state index contributed by atoms with van der Waals surface area (Å²) >= 11 is 7.79. The van der Waals surface area contributed by atoms with E-state index in [1.165, 1.54) is 5.56 Å². The number of aryl methyl sites for hydroxylation is 1. The molecule has 0 aliphatic rings. The Morgan fingerprint density at radius 1 is 0.900 bits per heavy atom. The fourth-order valence-electron chi connectivity index (χ4n) is 3.20. The molecule has 1 heterocycles. The highest BCUT2D eigenvalue weighted by atomic mass is 35.5. The maximum Gasteiger partial charge on any atom is 0.196 e. The molecule has 0 atom stereocenters. The van der Waals surface area contributed by atoms with Crippen LogP contribution in [0.3, 0.4) is 0 Å². The van der Waals surface area contributed by atoms with Crippen molar-refractivity contribution in [3.63, 3.8) is 0 Å². The lowest BCUT2D eigenvalue weighted by molar-refractivity contribution is 0.414. The number of rotatable bonds is 8. The van der Waals surface area contributed by atoms with Gasteiger partial charge in [0.15, 0.2) is 11.0 Å². The smallest absolute Gasteiger partial charge is 0.196 e. The quantitative estimate of drug-likeness (QED) is 0.240. The fourth-order valence-corrected chi connectivity index (χ4v) is 4.21. The third kappa shape index (κ3) is 4.86. The van der Waals surface area contributed by atoms with Crippen molar-refractivity contribution in [2.45, 2.75) is 18.0 Å². The maximum absolute atomic E-state index is 6.07. The van der Waals surface area contributed by atoms with Crippen LogP contribution in [0.1, 0.15) is 12.0 Å². The zero-order valence-corrected chi connectivity index (χ0v) is 18.2. The molecule has 4 rings (SSSR count). The van der Waals surface area contributed by atoms with E-state index < -0.39 is 0 Å². The number of ether oxygens (including phenoxy) is 1. The van der Waals surface area contributed by atoms with Gasteiger partial charge in [-0.25, -0.2) is 0 Å². The first kappa shape index (κ1) is 20.5. The van der Waals surface area contributed by atoms with Gasteiger partial charge in [0.25, 0.3) is 0 Å². The standard InChI is InChI=1S/C24H22ClN3OS/c1-29-22-15-13-21(14-16-22)28-23(19-9-11-20(25)12-10-19)26-27-24(28)30-17-5-8-18-6-3-2-4-7-18/h2-4,6-7,9-16H,5,8,17H2,1H3. The third-order valence-corrected chi connectivity index (χ3v) is 6.02. The second-order valence-corrected chi connectivity index (χ2v) is 8.28. The van der Waals surface area contributed by atoms with Crippen LogP contribution < -0.4 is 4.74 Å². The molecule has 0 amide bonds. The van der Waals surface area contributed by atoms with E-state index in [1.54, 1.807) is 18.9 Å². The summed E-state index contributed by atoms with van der Waals surface area (Å²) in [7, 11) is 1.67. The van der Waals surface area contributed by atoms with E-state index in [0.717, 1.165) is 46.6 Å². The molecular formula is C24H22ClN3OS. The lowest BCUT2D eigenvalue weighted by atomic mass is 10.1. The molecule has 1 aromatic heterocycles. The van der Waals surface area contributed by atoms with Crippen LogP contribution in [-0.4, -0.2) is 27.6 Å². The highest BCUT2D eigenvalue weighted by Crippen LogP contribution is 2.30. The zero-order valence-electron chi connectivity index (χ0n) is 16.7. The molecule has 0 aliphatic carbocycles. The monoisotopic (exact) mass is 435 g/mol. The molecular weight excluding hydrogens is 414 g/mol. The highest BCUT2D eigenvalue weighted by molar-refractivity contribution is 7.99. The predicted molar refractivity (Wildman–Crippen MR) is 124 cm³/mol. The van der Waals surface area contributed by atoms with Crippen LogP contribution in [0, 0.1) is 0 Å². The largest absolute Gasteiger partial charge is 0.497 e. The summed E-state index contributed by atoms with van der Waals surface area (Å²) in [5.41, 5.74) is 3.33. The Labute approximate surface area is 185 Å². The topological polar surface area (TPSA) is 39.9 Å². The molecule has 0 N–H and O–H groups in total. The molecule has 30 heavy (non-hydrogen) atoms. The summed E-state index contributed by atoms with van der Waals surface area (Å²) < 4.78 is 7.40. The van der Waals surface area contributed by atoms with E-state index in [-0.39, 0.29) is 0 Å². The molecule has 0 unspecified atom stereocenters. The van der Waals surface area contributed by atoms with Crippen LogP contribution in [0.5, 0.6) is 5.75 Å². The van der Waals surface area contributed by atoms with Crippen molar-refractivity contribution in [3.05, 3.63) is 89.4 Å². The molecule has 4 aromatic rings. The Hall–Kier alpha value is -2.76. The molecule has 0 bridgehead atoms. The Bertz CT molecular complexity index is 1080. The minimum atomic E-state index is 0.699. The van der Waals surface area contributed by atoms with E-state index in [0.29, 0.717) is 5.02 Å². The molecule has 6 heteroatoms. The first-order valence-corrected chi connectivity index (χ1v) is 11.1. The molecule has 152 valence electrons. The number of thioether (sulfide) groups is 1. The Morgan fingerprint density at radius 2 is 1.63 bits per heavy atom.